The van der Waals surface area contributed by atoms with Gasteiger partial charge in [0.15, 0.2) is 0 Å². The average molecular weight is 325 g/mol. The van der Waals surface area contributed by atoms with Gasteiger partial charge in [0.25, 0.3) is 0 Å². The molecule has 24 heavy (non-hydrogen) atoms. The number of phenols is 1. The van der Waals surface area contributed by atoms with Crippen LogP contribution in [0.4, 0.5) is 0 Å². The number of benzene rings is 1. The Hall–Kier alpha value is -1.48. The number of phenolic OH excluding ortho intramolecular Hbond substituents is 1. The van der Waals surface area contributed by atoms with Crippen LogP contribution in [0.1, 0.15) is 56.8 Å². The summed E-state index contributed by atoms with van der Waals surface area (Å²) < 4.78 is 6.41. The Kier molecular flexibility index (Phi) is 3.25. The van der Waals surface area contributed by atoms with Gasteiger partial charge in [-0.2, -0.15) is 0 Å². The van der Waals surface area contributed by atoms with Crippen molar-refractivity contribution in [3.8, 4) is 5.75 Å². The first kappa shape index (κ1) is 14.8. The van der Waals surface area contributed by atoms with Crippen molar-refractivity contribution in [2.45, 2.75) is 64.0 Å². The number of piperidine rings is 2. The molecule has 2 unspecified atom stereocenters. The fourth-order valence-corrected chi connectivity index (χ4v) is 6.02. The van der Waals surface area contributed by atoms with Gasteiger partial charge in [0.05, 0.1) is 0 Å². The zero-order valence-electron chi connectivity index (χ0n) is 14.7. The lowest BCUT2D eigenvalue weighted by molar-refractivity contribution is -0.0432. The molecule has 3 aliphatic heterocycles. The average Bonchev–Trinajstić information content (AvgIpc) is 2.92. The summed E-state index contributed by atoms with van der Waals surface area (Å²) in [5.41, 5.74) is 2.33. The van der Waals surface area contributed by atoms with E-state index in [1.807, 2.05) is 12.1 Å². The maximum absolute atomic E-state index is 9.96. The van der Waals surface area contributed by atoms with Gasteiger partial charge < -0.3 is 9.52 Å². The highest BCUT2D eigenvalue weighted by Gasteiger charge is 2.51. The summed E-state index contributed by atoms with van der Waals surface area (Å²) in [6, 6.07) is 6.86. The van der Waals surface area contributed by atoms with E-state index >= 15 is 0 Å². The number of hydrogen-bond acceptors (Lipinski definition) is 3. The van der Waals surface area contributed by atoms with E-state index in [4.69, 9.17) is 4.42 Å². The third-order valence-corrected chi connectivity index (χ3v) is 7.02. The van der Waals surface area contributed by atoms with E-state index in [2.05, 4.69) is 18.7 Å². The van der Waals surface area contributed by atoms with E-state index in [1.165, 1.54) is 43.6 Å². The fourth-order valence-electron chi connectivity index (χ4n) is 6.02. The molecule has 0 spiro atoms. The van der Waals surface area contributed by atoms with Gasteiger partial charge in [-0.25, -0.2) is 0 Å². The molecular formula is C21H27NO2. The van der Waals surface area contributed by atoms with Gasteiger partial charge in [0, 0.05) is 35.5 Å². The van der Waals surface area contributed by atoms with E-state index in [1.54, 1.807) is 6.07 Å². The first-order valence-electron chi connectivity index (χ1n) is 9.69. The molecule has 3 fully saturated rings. The van der Waals surface area contributed by atoms with Crippen LogP contribution in [-0.4, -0.2) is 28.6 Å². The normalized spacial score (nSPS) is 37.4. The first-order chi connectivity index (χ1) is 11.7. The van der Waals surface area contributed by atoms with Gasteiger partial charge in [0.2, 0.25) is 0 Å². The molecular weight excluding hydrogens is 298 g/mol. The molecule has 3 heteroatoms. The maximum Gasteiger partial charge on any atom is 0.134 e. The number of furan rings is 1. The predicted molar refractivity (Wildman–Crippen MR) is 95.4 cm³/mol. The summed E-state index contributed by atoms with van der Waals surface area (Å²) in [6.45, 7) is 5.97. The van der Waals surface area contributed by atoms with Crippen molar-refractivity contribution in [2.75, 3.05) is 6.54 Å². The van der Waals surface area contributed by atoms with Crippen LogP contribution in [0.2, 0.25) is 0 Å². The summed E-state index contributed by atoms with van der Waals surface area (Å²) in [5.74, 6) is 3.77. The van der Waals surface area contributed by atoms with Crippen molar-refractivity contribution in [1.29, 1.82) is 0 Å². The molecule has 1 aliphatic carbocycles. The second-order valence-corrected chi connectivity index (χ2v) is 8.19. The van der Waals surface area contributed by atoms with Gasteiger partial charge in [-0.3, -0.25) is 4.90 Å². The van der Waals surface area contributed by atoms with Crippen LogP contribution in [0.5, 0.6) is 5.75 Å². The number of fused-ring (bicyclic) bond motifs is 4. The van der Waals surface area contributed by atoms with Gasteiger partial charge in [-0.05, 0) is 55.7 Å². The van der Waals surface area contributed by atoms with Crippen molar-refractivity contribution in [3.05, 3.63) is 29.5 Å². The van der Waals surface area contributed by atoms with E-state index < -0.39 is 0 Å². The molecule has 6 rings (SSSR count). The van der Waals surface area contributed by atoms with Gasteiger partial charge in [-0.1, -0.05) is 20.3 Å². The van der Waals surface area contributed by atoms with Crippen LogP contribution in [-0.2, 0) is 6.42 Å². The molecule has 4 aliphatic rings. The van der Waals surface area contributed by atoms with Crippen molar-refractivity contribution in [2.24, 2.45) is 11.8 Å². The number of rotatable bonds is 2. The van der Waals surface area contributed by atoms with Crippen LogP contribution in [0.25, 0.3) is 11.0 Å². The summed E-state index contributed by atoms with van der Waals surface area (Å²) >= 11 is 0. The van der Waals surface area contributed by atoms with Crippen molar-refractivity contribution < 1.29 is 9.52 Å². The minimum Gasteiger partial charge on any atom is -0.508 e. The second-order valence-electron chi connectivity index (χ2n) is 8.19. The largest absolute Gasteiger partial charge is 0.508 e. The van der Waals surface area contributed by atoms with Crippen LogP contribution in [0.15, 0.2) is 22.6 Å². The van der Waals surface area contributed by atoms with Crippen LogP contribution in [0.3, 0.4) is 0 Å². The molecule has 4 bridgehead atoms. The van der Waals surface area contributed by atoms with E-state index in [0.717, 1.165) is 29.2 Å². The van der Waals surface area contributed by atoms with Crippen LogP contribution < -0.4 is 0 Å². The quantitative estimate of drug-likeness (QED) is 0.871. The molecule has 128 valence electrons. The molecule has 1 aromatic heterocycles. The smallest absolute Gasteiger partial charge is 0.134 e. The lowest BCUT2D eigenvalue weighted by atomic mass is 9.65. The van der Waals surface area contributed by atoms with Crippen molar-refractivity contribution in [1.82, 2.24) is 4.90 Å². The van der Waals surface area contributed by atoms with Gasteiger partial charge in [-0.15, -0.1) is 0 Å². The zero-order chi connectivity index (χ0) is 16.4. The van der Waals surface area contributed by atoms with Gasteiger partial charge >= 0.3 is 0 Å². The Bertz CT molecular complexity index is 779. The molecule has 0 amide bonds. The van der Waals surface area contributed by atoms with Crippen LogP contribution >= 0.6 is 0 Å². The molecule has 2 aromatic rings. The molecule has 1 aromatic carbocycles. The molecule has 6 atom stereocenters. The molecule has 0 radical (unpaired) electrons. The summed E-state index contributed by atoms with van der Waals surface area (Å²) in [5, 5.41) is 11.1. The fraction of sp³-hybridized carbons (Fsp3) is 0.619. The molecule has 1 N–H and O–H groups in total. The number of aromatic hydroxyl groups is 1. The third kappa shape index (κ3) is 1.94. The topological polar surface area (TPSA) is 36.6 Å². The lowest BCUT2D eigenvalue weighted by Crippen LogP contribution is -2.59. The zero-order valence-corrected chi connectivity index (χ0v) is 14.7. The molecule has 3 nitrogen and oxygen atoms in total. The second kappa shape index (κ2) is 5.26. The third-order valence-electron chi connectivity index (χ3n) is 7.02. The van der Waals surface area contributed by atoms with E-state index in [9.17, 15) is 5.11 Å². The lowest BCUT2D eigenvalue weighted by Gasteiger charge is -2.55. The monoisotopic (exact) mass is 325 g/mol. The predicted octanol–water partition coefficient (Wildman–Crippen LogP) is 4.68. The van der Waals surface area contributed by atoms with Crippen LogP contribution in [0, 0.1) is 11.8 Å². The molecule has 1 saturated carbocycles. The van der Waals surface area contributed by atoms with Crippen molar-refractivity contribution in [3.63, 3.8) is 0 Å². The summed E-state index contributed by atoms with van der Waals surface area (Å²) in [6.07, 6.45) is 6.23. The summed E-state index contributed by atoms with van der Waals surface area (Å²) in [4.78, 5) is 2.83. The molecule has 2 saturated heterocycles. The van der Waals surface area contributed by atoms with E-state index in [-0.39, 0.29) is 0 Å². The Morgan fingerprint density at radius 3 is 2.88 bits per heavy atom. The number of nitrogens with zero attached hydrogens (tertiary/aromatic N) is 1. The Balaban J connectivity index is 1.71. The minimum atomic E-state index is 0.347. The standard InChI is InChI=1S/C21H27NO2/c1-3-13-7-12-8-18-20(13)22(11-12)14(4-2)9-17-16-10-15(23)5-6-19(16)24-21(17)18/h5-6,10,12-14,18,20,23H,3-4,7-9,11H2,1-2H3/t12-,13+,14+,18+,20?/m0/s1. The highest BCUT2D eigenvalue weighted by molar-refractivity contribution is 5.84. The van der Waals surface area contributed by atoms with Crippen molar-refractivity contribution >= 4 is 11.0 Å². The Labute approximate surface area is 143 Å². The molecule has 4 heterocycles. The Morgan fingerprint density at radius 1 is 1.21 bits per heavy atom. The number of hydrogen-bond donors (Lipinski definition) is 1. The van der Waals surface area contributed by atoms with E-state index in [0.29, 0.717) is 23.8 Å². The Morgan fingerprint density at radius 2 is 2.08 bits per heavy atom. The summed E-state index contributed by atoms with van der Waals surface area (Å²) in [7, 11) is 0. The first-order valence-corrected chi connectivity index (χ1v) is 9.69. The highest BCUT2D eigenvalue weighted by Crippen LogP contribution is 2.53. The van der Waals surface area contributed by atoms with Gasteiger partial charge in [0.1, 0.15) is 17.1 Å². The SMILES string of the molecule is CC[C@@H]1C[C@H]2C[C@H]3c4oc5ccc(O)cc5c4C[C@@H](CC)N(C2)C13. The highest BCUT2D eigenvalue weighted by atomic mass is 16.3. The minimum absolute atomic E-state index is 0.347. The maximum atomic E-state index is 9.96.